The molecule has 1 saturated heterocycles. The Morgan fingerprint density at radius 1 is 1.11 bits per heavy atom. The molecule has 190 valence electrons. The number of amides is 3. The number of methoxy groups -OCH3 is 2. The van der Waals surface area contributed by atoms with Gasteiger partial charge in [-0.2, -0.15) is 9.97 Å². The molecule has 3 heterocycles. The first kappa shape index (κ1) is 25.0. The van der Waals surface area contributed by atoms with Gasteiger partial charge >= 0.3 is 6.03 Å². The van der Waals surface area contributed by atoms with Crippen LogP contribution in [0.25, 0.3) is 0 Å². The van der Waals surface area contributed by atoms with Gasteiger partial charge in [-0.15, -0.1) is 0 Å². The number of nitrogens with zero attached hydrogens (tertiary/aromatic N) is 3. The fraction of sp³-hybridized carbons (Fsp3) is 0.333. The number of anilines is 2. The number of carbonyl (C=O) groups is 2. The van der Waals surface area contributed by atoms with E-state index < -0.39 is 14.0 Å². The summed E-state index contributed by atoms with van der Waals surface area (Å²) in [6.45, 7) is 9.59. The second kappa shape index (κ2) is 9.89. The van der Waals surface area contributed by atoms with E-state index in [1.165, 1.54) is 30.4 Å². The van der Waals surface area contributed by atoms with Crippen LogP contribution in [0.15, 0.2) is 34.7 Å². The standard InChI is InChI=1S/C24H29N5O6Si/c1-14-7-8-15(36(4,5)6)13-17(14)35-18-10-9-16(34-18)20(30)26-19-21(32-2)27-23(28-22(19)33-3)29-12-11-25-24(29)31/h7-10,13H,11-12H2,1-6H3,(H,25,31)(H,26,30). The normalized spacial score (nSPS) is 13.4. The number of furan rings is 1. The first-order valence-electron chi connectivity index (χ1n) is 11.4. The smallest absolute Gasteiger partial charge is 0.324 e. The van der Waals surface area contributed by atoms with Crippen molar-refractivity contribution in [3.05, 3.63) is 41.7 Å². The Morgan fingerprint density at radius 3 is 2.39 bits per heavy atom. The van der Waals surface area contributed by atoms with Crippen molar-refractivity contribution in [2.45, 2.75) is 26.6 Å². The molecule has 0 radical (unpaired) electrons. The van der Waals surface area contributed by atoms with E-state index in [2.05, 4.69) is 46.3 Å². The minimum atomic E-state index is -1.53. The number of hydrogen-bond donors (Lipinski definition) is 2. The maximum absolute atomic E-state index is 13.0. The van der Waals surface area contributed by atoms with Crippen molar-refractivity contribution in [3.63, 3.8) is 0 Å². The molecule has 0 saturated carbocycles. The Morgan fingerprint density at radius 2 is 1.81 bits per heavy atom. The van der Waals surface area contributed by atoms with Crippen LogP contribution in [0.1, 0.15) is 16.1 Å². The highest BCUT2D eigenvalue weighted by atomic mass is 28.3. The van der Waals surface area contributed by atoms with Crippen LogP contribution < -0.4 is 34.9 Å². The Bertz CT molecular complexity index is 1280. The number of hydrogen-bond acceptors (Lipinski definition) is 8. The Balaban J connectivity index is 1.55. The van der Waals surface area contributed by atoms with Crippen molar-refractivity contribution in [3.8, 4) is 23.5 Å². The predicted molar refractivity (Wildman–Crippen MR) is 137 cm³/mol. The molecule has 12 heteroatoms. The minimum Gasteiger partial charge on any atom is -0.479 e. The molecule has 2 aromatic heterocycles. The van der Waals surface area contributed by atoms with Crippen LogP contribution in [0.2, 0.25) is 19.6 Å². The van der Waals surface area contributed by atoms with Gasteiger partial charge in [0, 0.05) is 19.2 Å². The molecule has 36 heavy (non-hydrogen) atoms. The van der Waals surface area contributed by atoms with Crippen LogP contribution in [-0.2, 0) is 0 Å². The monoisotopic (exact) mass is 511 g/mol. The summed E-state index contributed by atoms with van der Waals surface area (Å²) in [5.41, 5.74) is 1.06. The third kappa shape index (κ3) is 5.13. The maximum Gasteiger partial charge on any atom is 0.324 e. The van der Waals surface area contributed by atoms with Gasteiger partial charge < -0.3 is 29.3 Å². The second-order valence-corrected chi connectivity index (χ2v) is 14.3. The summed E-state index contributed by atoms with van der Waals surface area (Å²) in [7, 11) is 1.25. The lowest BCUT2D eigenvalue weighted by atomic mass is 10.2. The van der Waals surface area contributed by atoms with Crippen molar-refractivity contribution >= 4 is 36.8 Å². The molecule has 1 aliphatic rings. The fourth-order valence-corrected chi connectivity index (χ4v) is 4.70. The average Bonchev–Trinajstić information content (AvgIpc) is 3.48. The van der Waals surface area contributed by atoms with Gasteiger partial charge in [-0.25, -0.2) is 4.79 Å². The van der Waals surface area contributed by atoms with Gasteiger partial charge in [0.1, 0.15) is 5.75 Å². The number of nitrogens with one attached hydrogen (secondary N) is 2. The van der Waals surface area contributed by atoms with Crippen LogP contribution in [0.4, 0.5) is 16.4 Å². The molecule has 3 aromatic rings. The number of ether oxygens (including phenoxy) is 3. The van der Waals surface area contributed by atoms with Gasteiger partial charge in [0.15, 0.2) is 11.4 Å². The summed E-state index contributed by atoms with van der Waals surface area (Å²) in [4.78, 5) is 34.8. The highest BCUT2D eigenvalue weighted by molar-refractivity contribution is 6.88. The SMILES string of the molecule is COc1nc(N2CCNC2=O)nc(OC)c1NC(=O)c1ccc(Oc2cc([Si](C)(C)C)ccc2C)o1. The van der Waals surface area contributed by atoms with Crippen molar-refractivity contribution < 1.29 is 28.2 Å². The van der Waals surface area contributed by atoms with Crippen LogP contribution in [0.5, 0.6) is 23.5 Å². The molecule has 0 bridgehead atoms. The third-order valence-electron chi connectivity index (χ3n) is 5.62. The van der Waals surface area contributed by atoms with E-state index in [1.807, 2.05) is 19.1 Å². The molecule has 1 aliphatic heterocycles. The molecule has 0 aliphatic carbocycles. The van der Waals surface area contributed by atoms with E-state index in [-0.39, 0.29) is 41.1 Å². The molecule has 0 spiro atoms. The number of aryl methyl sites for hydroxylation is 1. The largest absolute Gasteiger partial charge is 0.479 e. The lowest BCUT2D eigenvalue weighted by molar-refractivity contribution is 0.0990. The molecule has 4 rings (SSSR count). The van der Waals surface area contributed by atoms with E-state index >= 15 is 0 Å². The zero-order valence-corrected chi connectivity index (χ0v) is 22.1. The molecular formula is C24H29N5O6Si. The molecule has 0 unspecified atom stereocenters. The number of rotatable bonds is 8. The zero-order chi connectivity index (χ0) is 26.0. The molecule has 11 nitrogen and oxygen atoms in total. The van der Waals surface area contributed by atoms with E-state index in [0.29, 0.717) is 18.8 Å². The van der Waals surface area contributed by atoms with Gasteiger partial charge in [-0.05, 0) is 24.6 Å². The zero-order valence-electron chi connectivity index (χ0n) is 21.1. The summed E-state index contributed by atoms with van der Waals surface area (Å²) in [6, 6.07) is 8.93. The first-order chi connectivity index (χ1) is 17.1. The summed E-state index contributed by atoms with van der Waals surface area (Å²) < 4.78 is 22.3. The van der Waals surface area contributed by atoms with Crippen molar-refractivity contribution in [2.24, 2.45) is 0 Å². The first-order valence-corrected chi connectivity index (χ1v) is 14.9. The quantitative estimate of drug-likeness (QED) is 0.440. The fourth-order valence-electron chi connectivity index (χ4n) is 3.55. The second-order valence-electron chi connectivity index (χ2n) is 9.21. The average molecular weight is 512 g/mol. The maximum atomic E-state index is 13.0. The lowest BCUT2D eigenvalue weighted by Crippen LogP contribution is -2.37. The highest BCUT2D eigenvalue weighted by Gasteiger charge is 2.28. The minimum absolute atomic E-state index is 0.0103. The summed E-state index contributed by atoms with van der Waals surface area (Å²) in [5.74, 6) is 0.455. The van der Waals surface area contributed by atoms with Crippen molar-refractivity contribution in [1.82, 2.24) is 15.3 Å². The molecule has 2 N–H and O–H groups in total. The highest BCUT2D eigenvalue weighted by Crippen LogP contribution is 2.34. The lowest BCUT2D eigenvalue weighted by Gasteiger charge is -2.18. The van der Waals surface area contributed by atoms with E-state index in [4.69, 9.17) is 18.6 Å². The van der Waals surface area contributed by atoms with E-state index in [0.717, 1.165) is 5.56 Å². The van der Waals surface area contributed by atoms with Crippen LogP contribution >= 0.6 is 0 Å². The van der Waals surface area contributed by atoms with Crippen LogP contribution in [-0.4, -0.2) is 57.3 Å². The molecule has 3 amide bonds. The molecule has 1 fully saturated rings. The Kier molecular flexibility index (Phi) is 6.88. The molecule has 1 aromatic carbocycles. The van der Waals surface area contributed by atoms with Gasteiger partial charge in [-0.3, -0.25) is 9.69 Å². The number of benzene rings is 1. The van der Waals surface area contributed by atoms with Crippen LogP contribution in [0, 0.1) is 6.92 Å². The van der Waals surface area contributed by atoms with Crippen molar-refractivity contribution in [2.75, 3.05) is 37.5 Å². The van der Waals surface area contributed by atoms with Gasteiger partial charge in [-0.1, -0.05) is 37.0 Å². The van der Waals surface area contributed by atoms with E-state index in [9.17, 15) is 9.59 Å². The number of carbonyl (C=O) groups excluding carboxylic acids is 2. The third-order valence-corrected chi connectivity index (χ3v) is 7.67. The Labute approximate surface area is 209 Å². The predicted octanol–water partition coefficient (Wildman–Crippen LogP) is 3.51. The Hall–Kier alpha value is -4.06. The number of urea groups is 1. The molecular weight excluding hydrogens is 482 g/mol. The summed E-state index contributed by atoms with van der Waals surface area (Å²) in [6.07, 6.45) is 0. The molecule has 0 atom stereocenters. The summed E-state index contributed by atoms with van der Waals surface area (Å²) in [5, 5.41) is 6.60. The topological polar surface area (TPSA) is 128 Å². The van der Waals surface area contributed by atoms with Gasteiger partial charge in [0.25, 0.3) is 11.9 Å². The van der Waals surface area contributed by atoms with Crippen LogP contribution in [0.3, 0.4) is 0 Å². The number of aromatic nitrogens is 2. The van der Waals surface area contributed by atoms with Gasteiger partial charge in [0.05, 0.1) is 22.3 Å². The van der Waals surface area contributed by atoms with Gasteiger partial charge in [0.2, 0.25) is 17.7 Å². The van der Waals surface area contributed by atoms with Crippen molar-refractivity contribution in [1.29, 1.82) is 0 Å². The van der Waals surface area contributed by atoms with E-state index in [1.54, 1.807) is 6.07 Å². The summed E-state index contributed by atoms with van der Waals surface area (Å²) >= 11 is 0.